The van der Waals surface area contributed by atoms with Crippen LogP contribution >= 0.6 is 0 Å². The van der Waals surface area contributed by atoms with Gasteiger partial charge in [-0.1, -0.05) is 0 Å². The molecule has 2 aliphatic rings. The van der Waals surface area contributed by atoms with E-state index in [1.165, 1.54) is 0 Å². The summed E-state index contributed by atoms with van der Waals surface area (Å²) in [5, 5.41) is 68.8. The van der Waals surface area contributed by atoms with E-state index < -0.39 is 80.2 Å². The van der Waals surface area contributed by atoms with Crippen molar-refractivity contribution in [3.8, 4) is 0 Å². The van der Waals surface area contributed by atoms with Crippen LogP contribution in [0.5, 0.6) is 0 Å². The van der Waals surface area contributed by atoms with Crippen LogP contribution in [-0.2, 0) is 18.9 Å². The molecule has 0 amide bonds. The molecule has 11 nitrogen and oxygen atoms in total. The molecule has 0 aromatic carbocycles. The normalized spacial score (nSPS) is 46.4. The molecule has 7 N–H and O–H groups in total. The highest BCUT2D eigenvalue weighted by Crippen LogP contribution is 2.27. The Hall–Kier alpha value is -0.440. The molecule has 0 aliphatic carbocycles. The maximum atomic E-state index is 10.1. The molecule has 6 unspecified atom stereocenters. The van der Waals surface area contributed by atoms with E-state index in [-0.39, 0.29) is 0 Å². The van der Waals surface area contributed by atoms with Crippen LogP contribution in [0.1, 0.15) is 20.8 Å². The van der Waals surface area contributed by atoms with E-state index in [9.17, 15) is 35.7 Å². The minimum absolute atomic E-state index is 0.391. The van der Waals surface area contributed by atoms with Crippen LogP contribution in [0.25, 0.3) is 0 Å². The zero-order chi connectivity index (χ0) is 20.5. The monoisotopic (exact) mass is 398 g/mol. The Balaban J connectivity index is 2.00. The Morgan fingerprint density at radius 2 is 1.19 bits per heavy atom. The van der Waals surface area contributed by atoms with Gasteiger partial charge in [-0.2, -0.15) is 0 Å². The largest absolute Gasteiger partial charge is 0.394 e. The fourth-order valence-electron chi connectivity index (χ4n) is 2.89. The first-order chi connectivity index (χ1) is 12.5. The predicted molar refractivity (Wildman–Crippen MR) is 87.2 cm³/mol. The first kappa shape index (κ1) is 22.8. The Labute approximate surface area is 156 Å². The molecule has 2 rings (SSSR count). The molecule has 0 radical (unpaired) electrons. The highest BCUT2D eigenvalue weighted by molar-refractivity contribution is 4.92. The summed E-state index contributed by atoms with van der Waals surface area (Å²) in [4.78, 5) is 0. The number of aliphatic hydroxyl groups is 7. The van der Waals surface area contributed by atoms with Crippen LogP contribution in [0.4, 0.5) is 0 Å². The lowest BCUT2D eigenvalue weighted by molar-refractivity contribution is -0.340. The summed E-state index contributed by atoms with van der Waals surface area (Å²) in [6.45, 7) is 4.16. The number of rotatable bonds is 5. The Morgan fingerprint density at radius 3 is 1.70 bits per heavy atom. The van der Waals surface area contributed by atoms with Crippen molar-refractivity contribution in [2.45, 2.75) is 87.8 Å². The maximum absolute atomic E-state index is 10.1. The summed E-state index contributed by atoms with van der Waals surface area (Å²) < 4.78 is 21.5. The van der Waals surface area contributed by atoms with Gasteiger partial charge in [0.15, 0.2) is 12.6 Å². The van der Waals surface area contributed by atoms with Crippen LogP contribution in [-0.4, -0.2) is 116 Å². The third-order valence-corrected chi connectivity index (χ3v) is 4.41. The minimum atomic E-state index is -1.61. The van der Waals surface area contributed by atoms with Gasteiger partial charge in [0, 0.05) is 0 Å². The smallest absolute Gasteiger partial charge is 0.187 e. The van der Waals surface area contributed by atoms with Gasteiger partial charge in [0.05, 0.1) is 18.8 Å². The quantitative estimate of drug-likeness (QED) is 0.243. The first-order valence-corrected chi connectivity index (χ1v) is 8.76. The summed E-state index contributed by atoms with van der Waals surface area (Å²) in [6.07, 6.45) is -14.2. The Bertz CT molecular complexity index is 468. The molecule has 0 saturated carbocycles. The molecule has 10 atom stereocenters. The molecule has 27 heavy (non-hydrogen) atoms. The minimum Gasteiger partial charge on any atom is -0.394 e. The van der Waals surface area contributed by atoms with Crippen molar-refractivity contribution in [2.24, 2.45) is 0 Å². The van der Waals surface area contributed by atoms with Crippen molar-refractivity contribution in [3.63, 3.8) is 0 Å². The van der Waals surface area contributed by atoms with Gasteiger partial charge in [0.2, 0.25) is 0 Å². The molecular formula is C16H30O11. The fourth-order valence-corrected chi connectivity index (χ4v) is 2.89. The van der Waals surface area contributed by atoms with Crippen LogP contribution in [0.3, 0.4) is 0 Å². The predicted octanol–water partition coefficient (Wildman–Crippen LogP) is -3.57. The van der Waals surface area contributed by atoms with Crippen molar-refractivity contribution in [1.29, 1.82) is 0 Å². The summed E-state index contributed by atoms with van der Waals surface area (Å²) in [6, 6.07) is 0. The SMILES string of the molecule is CC(C)(C)O[C@H]1OC(CO[C@H]2OC(CO)[C@@H](O)C(O)C2O)[C@@H](O)C(O)C1O. The second-order valence-corrected chi connectivity index (χ2v) is 7.78. The molecule has 0 bridgehead atoms. The molecule has 2 fully saturated rings. The highest BCUT2D eigenvalue weighted by atomic mass is 16.7. The number of hydrogen-bond acceptors (Lipinski definition) is 11. The molecule has 11 heteroatoms. The summed E-state index contributed by atoms with van der Waals surface area (Å²) >= 11 is 0. The average Bonchev–Trinajstić information content (AvgIpc) is 2.59. The highest BCUT2D eigenvalue weighted by Gasteiger charge is 2.48. The van der Waals surface area contributed by atoms with Crippen molar-refractivity contribution in [1.82, 2.24) is 0 Å². The number of hydrogen-bond donors (Lipinski definition) is 7. The third-order valence-electron chi connectivity index (χ3n) is 4.41. The Kier molecular flexibility index (Phi) is 7.55. The first-order valence-electron chi connectivity index (χ1n) is 8.76. The van der Waals surface area contributed by atoms with Gasteiger partial charge < -0.3 is 54.7 Å². The lowest BCUT2D eigenvalue weighted by atomic mass is 9.98. The molecule has 2 heterocycles. The molecule has 0 aromatic rings. The fraction of sp³-hybridized carbons (Fsp3) is 1.00. The lowest BCUT2D eigenvalue weighted by Crippen LogP contribution is -2.62. The van der Waals surface area contributed by atoms with E-state index in [2.05, 4.69) is 0 Å². The van der Waals surface area contributed by atoms with Gasteiger partial charge in [-0.25, -0.2) is 0 Å². The topological polar surface area (TPSA) is 179 Å². The zero-order valence-electron chi connectivity index (χ0n) is 15.5. The van der Waals surface area contributed by atoms with Crippen LogP contribution in [0.2, 0.25) is 0 Å². The molecule has 2 aliphatic heterocycles. The Morgan fingerprint density at radius 1 is 0.704 bits per heavy atom. The van der Waals surface area contributed by atoms with Crippen molar-refractivity contribution < 1.29 is 54.7 Å². The number of ether oxygens (including phenoxy) is 4. The summed E-state index contributed by atoms with van der Waals surface area (Å²) in [7, 11) is 0. The third kappa shape index (κ3) is 5.34. The van der Waals surface area contributed by atoms with Crippen molar-refractivity contribution >= 4 is 0 Å². The van der Waals surface area contributed by atoms with Gasteiger partial charge in [0.1, 0.15) is 48.8 Å². The lowest BCUT2D eigenvalue weighted by Gasteiger charge is -2.43. The van der Waals surface area contributed by atoms with Gasteiger partial charge in [-0.3, -0.25) is 0 Å². The van der Waals surface area contributed by atoms with E-state index >= 15 is 0 Å². The van der Waals surface area contributed by atoms with Gasteiger partial charge in [-0.15, -0.1) is 0 Å². The molecule has 0 aromatic heterocycles. The maximum Gasteiger partial charge on any atom is 0.187 e. The molecule has 160 valence electrons. The van der Waals surface area contributed by atoms with Gasteiger partial charge in [0.25, 0.3) is 0 Å². The molecule has 2 saturated heterocycles. The zero-order valence-corrected chi connectivity index (χ0v) is 15.5. The van der Waals surface area contributed by atoms with E-state index in [0.29, 0.717) is 0 Å². The van der Waals surface area contributed by atoms with E-state index in [1.807, 2.05) is 0 Å². The summed E-state index contributed by atoms with van der Waals surface area (Å²) in [5.74, 6) is 0. The van der Waals surface area contributed by atoms with E-state index in [1.54, 1.807) is 20.8 Å². The van der Waals surface area contributed by atoms with Crippen LogP contribution in [0, 0.1) is 0 Å². The van der Waals surface area contributed by atoms with Crippen molar-refractivity contribution in [3.05, 3.63) is 0 Å². The van der Waals surface area contributed by atoms with Gasteiger partial charge >= 0.3 is 0 Å². The second-order valence-electron chi connectivity index (χ2n) is 7.78. The summed E-state index contributed by atoms with van der Waals surface area (Å²) in [5.41, 5.74) is -0.698. The average molecular weight is 398 g/mol. The standard InChI is InChI=1S/C16H30O11/c1-16(2,3)27-15-13(23)11(21)9(19)7(26-15)5-24-14-12(22)10(20)8(18)6(4-17)25-14/h6-15,17-23H,4-5H2,1-3H3/t6?,7?,8-,9-,10?,11?,12?,13?,14+,15-/m1/s1. The van der Waals surface area contributed by atoms with Crippen molar-refractivity contribution in [2.75, 3.05) is 13.2 Å². The van der Waals surface area contributed by atoms with E-state index in [4.69, 9.17) is 18.9 Å². The second kappa shape index (κ2) is 8.93. The number of aliphatic hydroxyl groups excluding tert-OH is 7. The van der Waals surface area contributed by atoms with Crippen LogP contribution in [0.15, 0.2) is 0 Å². The van der Waals surface area contributed by atoms with E-state index in [0.717, 1.165) is 0 Å². The van der Waals surface area contributed by atoms with Crippen LogP contribution < -0.4 is 0 Å². The van der Waals surface area contributed by atoms with Gasteiger partial charge in [-0.05, 0) is 20.8 Å². The molecular weight excluding hydrogens is 368 g/mol. The molecule has 0 spiro atoms.